The maximum atomic E-state index is 14.8. The molecular weight excluding hydrogens is 462 g/mol. The van der Waals surface area contributed by atoms with Crippen LogP contribution >= 0.6 is 34.5 Å². The number of carbonyl (C=O) groups excluding carboxylic acids is 2. The van der Waals surface area contributed by atoms with Crippen molar-refractivity contribution in [2.75, 3.05) is 4.90 Å². The first kappa shape index (κ1) is 21.5. The maximum absolute atomic E-state index is 14.8. The van der Waals surface area contributed by atoms with Crippen LogP contribution in [0.2, 0.25) is 10.0 Å². The van der Waals surface area contributed by atoms with Gasteiger partial charge in [0.25, 0.3) is 5.91 Å². The van der Waals surface area contributed by atoms with Gasteiger partial charge in [-0.05, 0) is 38.1 Å². The van der Waals surface area contributed by atoms with Gasteiger partial charge in [-0.1, -0.05) is 41.4 Å². The average molecular weight is 477 g/mol. The summed E-state index contributed by atoms with van der Waals surface area (Å²) in [5.41, 5.74) is 0.584. The lowest BCUT2D eigenvalue weighted by atomic mass is 9.94. The van der Waals surface area contributed by atoms with Gasteiger partial charge >= 0.3 is 0 Å². The minimum absolute atomic E-state index is 0.0632. The van der Waals surface area contributed by atoms with Crippen LogP contribution in [-0.4, -0.2) is 21.8 Å². The van der Waals surface area contributed by atoms with Crippen LogP contribution in [0, 0.1) is 19.7 Å². The molecule has 0 aliphatic carbocycles. The first-order chi connectivity index (χ1) is 14.7. The van der Waals surface area contributed by atoms with E-state index in [4.69, 9.17) is 23.2 Å². The number of aromatic nitrogens is 1. The standard InChI is InChI=1S/C22H15Cl2FN2O3S/c1-10-21(31-11(2)26-10)19(28)17-18(13-5-3-4-6-16(13)25)27(22(30)20(17)29)12-7-8-14(23)15(24)9-12/h3-9,18,29H,1-2H3. The number of carbonyl (C=O) groups is 2. The normalized spacial score (nSPS) is 16.4. The second-order valence-corrected chi connectivity index (χ2v) is 8.95. The highest BCUT2D eigenvalue weighted by molar-refractivity contribution is 7.14. The highest BCUT2D eigenvalue weighted by Gasteiger charge is 2.46. The smallest absolute Gasteiger partial charge is 0.294 e. The average Bonchev–Trinajstić information content (AvgIpc) is 3.20. The van der Waals surface area contributed by atoms with Crippen molar-refractivity contribution in [3.8, 4) is 0 Å². The molecule has 0 radical (unpaired) electrons. The summed E-state index contributed by atoms with van der Waals surface area (Å²) in [7, 11) is 0. The number of nitrogens with zero attached hydrogens (tertiary/aromatic N) is 2. The summed E-state index contributed by atoms with van der Waals surface area (Å²) in [5, 5.41) is 11.8. The lowest BCUT2D eigenvalue weighted by molar-refractivity contribution is -0.117. The molecule has 0 bridgehead atoms. The Hall–Kier alpha value is -2.74. The Kier molecular flexibility index (Phi) is 5.60. The van der Waals surface area contributed by atoms with Crippen LogP contribution < -0.4 is 4.90 Å². The van der Waals surface area contributed by atoms with E-state index >= 15 is 0 Å². The van der Waals surface area contributed by atoms with Crippen molar-refractivity contribution in [1.82, 2.24) is 4.98 Å². The summed E-state index contributed by atoms with van der Waals surface area (Å²) >= 11 is 13.3. The summed E-state index contributed by atoms with van der Waals surface area (Å²) in [5.74, 6) is -2.78. The van der Waals surface area contributed by atoms with Crippen molar-refractivity contribution in [3.63, 3.8) is 0 Å². The molecule has 0 saturated carbocycles. The van der Waals surface area contributed by atoms with Crippen LogP contribution in [0.5, 0.6) is 0 Å². The second kappa shape index (κ2) is 8.07. The van der Waals surface area contributed by atoms with Gasteiger partial charge in [0.2, 0.25) is 5.78 Å². The van der Waals surface area contributed by atoms with E-state index in [9.17, 15) is 19.1 Å². The van der Waals surface area contributed by atoms with E-state index in [2.05, 4.69) is 4.98 Å². The molecule has 158 valence electrons. The number of ketones is 1. The molecule has 4 rings (SSSR count). The molecule has 9 heteroatoms. The van der Waals surface area contributed by atoms with Crippen LogP contribution in [0.25, 0.3) is 0 Å². The first-order valence-electron chi connectivity index (χ1n) is 9.15. The number of Topliss-reactive ketones (excluding diaryl/α,β-unsaturated/α-hetero) is 1. The Morgan fingerprint density at radius 2 is 1.87 bits per heavy atom. The quantitative estimate of drug-likeness (QED) is 0.469. The monoisotopic (exact) mass is 476 g/mol. The molecule has 0 spiro atoms. The summed E-state index contributed by atoms with van der Waals surface area (Å²) in [6.07, 6.45) is 0. The molecule has 1 aliphatic heterocycles. The fraction of sp³-hybridized carbons (Fsp3) is 0.136. The fourth-order valence-corrected chi connectivity index (χ4v) is 4.76. The summed E-state index contributed by atoms with van der Waals surface area (Å²) in [6, 6.07) is 9.02. The Morgan fingerprint density at radius 3 is 2.48 bits per heavy atom. The predicted octanol–water partition coefficient (Wildman–Crippen LogP) is 5.99. The molecule has 3 aromatic rings. The van der Waals surface area contributed by atoms with Gasteiger partial charge in [0.15, 0.2) is 5.76 Å². The number of aliphatic hydroxyl groups excluding tert-OH is 1. The number of hydrogen-bond acceptors (Lipinski definition) is 5. The summed E-state index contributed by atoms with van der Waals surface area (Å²) < 4.78 is 14.8. The number of hydrogen-bond donors (Lipinski definition) is 1. The maximum Gasteiger partial charge on any atom is 0.294 e. The van der Waals surface area contributed by atoms with Gasteiger partial charge in [0, 0.05) is 11.3 Å². The minimum Gasteiger partial charge on any atom is -0.503 e. The topological polar surface area (TPSA) is 70.5 Å². The number of aliphatic hydroxyl groups is 1. The molecule has 2 heterocycles. The fourth-order valence-electron chi connectivity index (χ4n) is 3.59. The van der Waals surface area contributed by atoms with Gasteiger partial charge < -0.3 is 5.11 Å². The number of benzene rings is 2. The zero-order valence-corrected chi connectivity index (χ0v) is 18.6. The highest BCUT2D eigenvalue weighted by atomic mass is 35.5. The van der Waals surface area contributed by atoms with E-state index in [0.717, 1.165) is 16.2 Å². The number of amides is 1. The molecule has 31 heavy (non-hydrogen) atoms. The van der Waals surface area contributed by atoms with Crippen LogP contribution in [0.1, 0.15) is 32.0 Å². The van der Waals surface area contributed by atoms with E-state index in [-0.39, 0.29) is 31.7 Å². The lowest BCUT2D eigenvalue weighted by Crippen LogP contribution is -2.31. The predicted molar refractivity (Wildman–Crippen MR) is 119 cm³/mol. The van der Waals surface area contributed by atoms with Gasteiger partial charge in [-0.2, -0.15) is 0 Å². The van der Waals surface area contributed by atoms with Gasteiger partial charge in [-0.25, -0.2) is 9.37 Å². The third-order valence-corrected chi connectivity index (χ3v) is 6.75. The molecule has 1 amide bonds. The van der Waals surface area contributed by atoms with Crippen molar-refractivity contribution < 1.29 is 19.1 Å². The molecule has 1 N–H and O–H groups in total. The number of halogens is 3. The van der Waals surface area contributed by atoms with Crippen LogP contribution in [0.15, 0.2) is 53.8 Å². The Bertz CT molecular complexity index is 1270. The van der Waals surface area contributed by atoms with Crippen LogP contribution in [0.4, 0.5) is 10.1 Å². The number of aryl methyl sites for hydroxylation is 2. The number of thiazole rings is 1. The molecular formula is C22H15Cl2FN2O3S. The van der Waals surface area contributed by atoms with Crippen molar-refractivity contribution in [3.05, 3.63) is 90.8 Å². The number of anilines is 1. The van der Waals surface area contributed by atoms with E-state index in [0.29, 0.717) is 10.7 Å². The van der Waals surface area contributed by atoms with E-state index in [1.54, 1.807) is 19.9 Å². The van der Waals surface area contributed by atoms with Gasteiger partial charge in [-0.3, -0.25) is 14.5 Å². The third-order valence-electron chi connectivity index (χ3n) is 4.94. The largest absolute Gasteiger partial charge is 0.503 e. The van der Waals surface area contributed by atoms with Gasteiger partial charge in [-0.15, -0.1) is 11.3 Å². The third kappa shape index (κ3) is 3.63. The summed E-state index contributed by atoms with van der Waals surface area (Å²) in [4.78, 5) is 32.2. The molecule has 1 aromatic heterocycles. The van der Waals surface area contributed by atoms with E-state index < -0.39 is 29.3 Å². The molecule has 2 aromatic carbocycles. The SMILES string of the molecule is Cc1nc(C)c(C(=O)C2=C(O)C(=O)N(c3ccc(Cl)c(Cl)c3)C2c2ccccc2F)s1. The van der Waals surface area contributed by atoms with Crippen molar-refractivity contribution in [1.29, 1.82) is 0 Å². The zero-order valence-electron chi connectivity index (χ0n) is 16.3. The molecule has 1 unspecified atom stereocenters. The van der Waals surface area contributed by atoms with E-state index in [1.165, 1.54) is 36.4 Å². The van der Waals surface area contributed by atoms with Gasteiger partial charge in [0.05, 0.1) is 37.2 Å². The highest BCUT2D eigenvalue weighted by Crippen LogP contribution is 2.44. The Labute approximate surface area is 191 Å². The van der Waals surface area contributed by atoms with E-state index in [1.807, 2.05) is 0 Å². The van der Waals surface area contributed by atoms with Crippen LogP contribution in [0.3, 0.4) is 0 Å². The van der Waals surface area contributed by atoms with Crippen molar-refractivity contribution in [2.45, 2.75) is 19.9 Å². The minimum atomic E-state index is -1.19. The first-order valence-corrected chi connectivity index (χ1v) is 10.7. The molecule has 0 fully saturated rings. The molecule has 1 aliphatic rings. The molecule has 5 nitrogen and oxygen atoms in total. The number of rotatable bonds is 4. The molecule has 0 saturated heterocycles. The van der Waals surface area contributed by atoms with Crippen LogP contribution in [-0.2, 0) is 4.79 Å². The zero-order chi connectivity index (χ0) is 22.4. The van der Waals surface area contributed by atoms with Crippen molar-refractivity contribution >= 4 is 51.9 Å². The lowest BCUT2D eigenvalue weighted by Gasteiger charge is -2.27. The van der Waals surface area contributed by atoms with Crippen molar-refractivity contribution in [2.24, 2.45) is 0 Å². The second-order valence-electron chi connectivity index (χ2n) is 6.94. The Morgan fingerprint density at radius 1 is 1.16 bits per heavy atom. The van der Waals surface area contributed by atoms with Gasteiger partial charge in [0.1, 0.15) is 5.82 Å². The Balaban J connectivity index is 1.93. The summed E-state index contributed by atoms with van der Waals surface area (Å²) in [6.45, 7) is 3.42. The molecule has 1 atom stereocenters.